The molecule has 25 heavy (non-hydrogen) atoms. The predicted octanol–water partition coefficient (Wildman–Crippen LogP) is 5.09. The van der Waals surface area contributed by atoms with Crippen molar-refractivity contribution >= 4 is 5.78 Å². The maximum absolute atomic E-state index is 12.2. The van der Waals surface area contributed by atoms with Gasteiger partial charge in [-0.05, 0) is 43.0 Å². The number of hydrogen-bond acceptors (Lipinski definition) is 2. The van der Waals surface area contributed by atoms with Gasteiger partial charge in [0.05, 0.1) is 0 Å². The van der Waals surface area contributed by atoms with E-state index in [9.17, 15) is 4.79 Å². The van der Waals surface area contributed by atoms with Crippen molar-refractivity contribution in [1.29, 1.82) is 0 Å². The number of benzene rings is 2. The van der Waals surface area contributed by atoms with Crippen LogP contribution in [0.5, 0.6) is 5.75 Å². The summed E-state index contributed by atoms with van der Waals surface area (Å²) in [6.07, 6.45) is 2.54. The zero-order valence-electron chi connectivity index (χ0n) is 14.3. The number of ketones is 1. The van der Waals surface area contributed by atoms with Gasteiger partial charge in [0.25, 0.3) is 0 Å². The summed E-state index contributed by atoms with van der Waals surface area (Å²) >= 11 is 0. The van der Waals surface area contributed by atoms with Crippen molar-refractivity contribution in [1.82, 2.24) is 4.98 Å². The molecule has 126 valence electrons. The predicted molar refractivity (Wildman–Crippen MR) is 99.0 cm³/mol. The normalized spacial score (nSPS) is 13.6. The van der Waals surface area contributed by atoms with Crippen molar-refractivity contribution in [3.8, 4) is 17.0 Å². The molecular weight excluding hydrogens is 310 g/mol. The van der Waals surface area contributed by atoms with Crippen LogP contribution in [0.3, 0.4) is 0 Å². The maximum Gasteiger partial charge on any atom is 0.164 e. The third-order valence-corrected chi connectivity index (χ3v) is 4.77. The Morgan fingerprint density at radius 2 is 1.88 bits per heavy atom. The summed E-state index contributed by atoms with van der Waals surface area (Å²) in [5.74, 6) is 1.10. The quantitative estimate of drug-likeness (QED) is 0.723. The fraction of sp³-hybridized carbons (Fsp3) is 0.227. The first kappa shape index (κ1) is 15.7. The van der Waals surface area contributed by atoms with Crippen LogP contribution in [0.2, 0.25) is 0 Å². The molecule has 0 atom stereocenters. The number of Topliss-reactive ketones (excluding diaryl/α,β-unsaturated/α-hetero) is 1. The van der Waals surface area contributed by atoms with Gasteiger partial charge in [0, 0.05) is 28.9 Å². The molecule has 0 aliphatic heterocycles. The summed E-state index contributed by atoms with van der Waals surface area (Å²) in [7, 11) is 0. The first-order valence-corrected chi connectivity index (χ1v) is 8.74. The summed E-state index contributed by atoms with van der Waals surface area (Å²) in [5.41, 5.74) is 6.32. The molecule has 1 aliphatic rings. The minimum atomic E-state index is 0.262. The number of fused-ring (bicyclic) bond motifs is 1. The molecule has 0 saturated heterocycles. The number of aryl methyl sites for hydroxylation is 1. The Kier molecular flexibility index (Phi) is 4.14. The number of carbonyl (C=O) groups is 1. The van der Waals surface area contributed by atoms with Gasteiger partial charge in [0.2, 0.25) is 0 Å². The smallest absolute Gasteiger partial charge is 0.164 e. The number of hydrogen-bond donors (Lipinski definition) is 1. The van der Waals surface area contributed by atoms with Gasteiger partial charge in [-0.25, -0.2) is 0 Å². The molecule has 0 radical (unpaired) electrons. The van der Waals surface area contributed by atoms with Crippen LogP contribution < -0.4 is 4.74 Å². The lowest BCUT2D eigenvalue weighted by molar-refractivity contribution is 0.0972. The molecular formula is C22H21NO2. The first-order chi connectivity index (χ1) is 12.2. The number of aromatic nitrogens is 1. The fourth-order valence-corrected chi connectivity index (χ4v) is 3.58. The van der Waals surface area contributed by atoms with E-state index in [1.165, 1.54) is 0 Å². The minimum Gasteiger partial charge on any atom is -0.489 e. The lowest BCUT2D eigenvalue weighted by Gasteiger charge is -2.13. The Bertz CT molecular complexity index is 909. The number of H-pyrrole nitrogens is 1. The molecule has 1 heterocycles. The van der Waals surface area contributed by atoms with Crippen molar-refractivity contribution in [2.24, 2.45) is 0 Å². The molecule has 3 aromatic rings. The van der Waals surface area contributed by atoms with Crippen LogP contribution in [-0.2, 0) is 13.0 Å². The summed E-state index contributed by atoms with van der Waals surface area (Å²) in [5, 5.41) is 0. The number of rotatable bonds is 4. The van der Waals surface area contributed by atoms with Gasteiger partial charge in [0.1, 0.15) is 12.4 Å². The van der Waals surface area contributed by atoms with Crippen LogP contribution in [-0.4, -0.2) is 10.8 Å². The second-order valence-corrected chi connectivity index (χ2v) is 6.56. The van der Waals surface area contributed by atoms with Gasteiger partial charge in [-0.2, -0.15) is 0 Å². The average molecular weight is 331 g/mol. The molecule has 3 heteroatoms. The van der Waals surface area contributed by atoms with Crippen LogP contribution in [0.1, 0.15) is 40.0 Å². The molecule has 1 aliphatic carbocycles. The van der Waals surface area contributed by atoms with Crippen molar-refractivity contribution in [2.45, 2.75) is 32.8 Å². The maximum atomic E-state index is 12.2. The summed E-state index contributed by atoms with van der Waals surface area (Å²) < 4.78 is 5.95. The number of aromatic amines is 1. The SMILES string of the molecule is Cc1[nH]c(-c2cccc(OCc3ccccc3)c2)c2c1C(=O)CCC2. The molecule has 1 aromatic heterocycles. The van der Waals surface area contributed by atoms with Crippen molar-refractivity contribution < 1.29 is 9.53 Å². The minimum absolute atomic E-state index is 0.262. The Labute approximate surface area is 147 Å². The Morgan fingerprint density at radius 3 is 2.72 bits per heavy atom. The van der Waals surface area contributed by atoms with Gasteiger partial charge in [-0.3, -0.25) is 4.79 Å². The van der Waals surface area contributed by atoms with E-state index in [4.69, 9.17) is 4.74 Å². The monoisotopic (exact) mass is 331 g/mol. The van der Waals surface area contributed by atoms with E-state index >= 15 is 0 Å². The number of carbonyl (C=O) groups excluding carboxylic acids is 1. The van der Waals surface area contributed by atoms with E-state index < -0.39 is 0 Å². The Hall–Kier alpha value is -2.81. The lowest BCUT2D eigenvalue weighted by atomic mass is 9.90. The molecule has 0 bridgehead atoms. The van der Waals surface area contributed by atoms with E-state index in [0.29, 0.717) is 13.0 Å². The van der Waals surface area contributed by atoms with E-state index in [-0.39, 0.29) is 5.78 Å². The highest BCUT2D eigenvalue weighted by atomic mass is 16.5. The van der Waals surface area contributed by atoms with Gasteiger partial charge < -0.3 is 9.72 Å². The third kappa shape index (κ3) is 3.10. The van der Waals surface area contributed by atoms with Crippen molar-refractivity contribution in [3.05, 3.63) is 77.0 Å². The molecule has 2 aromatic carbocycles. The van der Waals surface area contributed by atoms with Crippen LogP contribution >= 0.6 is 0 Å². The first-order valence-electron chi connectivity index (χ1n) is 8.74. The largest absolute Gasteiger partial charge is 0.489 e. The van der Waals surface area contributed by atoms with Crippen LogP contribution in [0.4, 0.5) is 0 Å². The highest BCUT2D eigenvalue weighted by molar-refractivity contribution is 6.01. The molecule has 0 amide bonds. The van der Waals surface area contributed by atoms with Crippen LogP contribution in [0.25, 0.3) is 11.3 Å². The highest BCUT2D eigenvalue weighted by Gasteiger charge is 2.25. The molecule has 1 N–H and O–H groups in total. The average Bonchev–Trinajstić information content (AvgIpc) is 2.99. The van der Waals surface area contributed by atoms with E-state index in [0.717, 1.165) is 52.2 Å². The van der Waals surface area contributed by atoms with Crippen molar-refractivity contribution in [2.75, 3.05) is 0 Å². The van der Waals surface area contributed by atoms with Crippen LogP contribution in [0.15, 0.2) is 54.6 Å². The summed E-state index contributed by atoms with van der Waals surface area (Å²) in [4.78, 5) is 15.7. The molecule has 0 unspecified atom stereocenters. The Balaban J connectivity index is 1.62. The number of ether oxygens (including phenoxy) is 1. The zero-order chi connectivity index (χ0) is 17.2. The molecule has 0 fully saturated rings. The van der Waals surface area contributed by atoms with Gasteiger partial charge in [-0.1, -0.05) is 42.5 Å². The highest BCUT2D eigenvalue weighted by Crippen LogP contribution is 2.34. The van der Waals surface area contributed by atoms with Gasteiger partial charge in [0.15, 0.2) is 5.78 Å². The summed E-state index contributed by atoms with van der Waals surface area (Å²) in [6.45, 7) is 2.53. The summed E-state index contributed by atoms with van der Waals surface area (Å²) in [6, 6.07) is 18.2. The number of nitrogens with one attached hydrogen (secondary N) is 1. The third-order valence-electron chi connectivity index (χ3n) is 4.77. The standard InChI is InChI=1S/C22H21NO2/c1-15-21-19(11-6-12-20(21)24)22(23-15)17-9-5-10-18(13-17)25-14-16-7-3-2-4-8-16/h2-5,7-10,13,23H,6,11-12,14H2,1H3. The lowest BCUT2D eigenvalue weighted by Crippen LogP contribution is -2.09. The molecule has 3 nitrogen and oxygen atoms in total. The zero-order valence-corrected chi connectivity index (χ0v) is 14.3. The topological polar surface area (TPSA) is 42.1 Å². The second-order valence-electron chi connectivity index (χ2n) is 6.56. The van der Waals surface area contributed by atoms with E-state index in [1.54, 1.807) is 0 Å². The fourth-order valence-electron chi connectivity index (χ4n) is 3.58. The van der Waals surface area contributed by atoms with Gasteiger partial charge >= 0.3 is 0 Å². The molecule has 0 saturated carbocycles. The Morgan fingerprint density at radius 1 is 1.04 bits per heavy atom. The van der Waals surface area contributed by atoms with E-state index in [2.05, 4.69) is 23.2 Å². The molecule has 0 spiro atoms. The van der Waals surface area contributed by atoms with E-state index in [1.807, 2.05) is 43.3 Å². The van der Waals surface area contributed by atoms with Crippen LogP contribution in [0, 0.1) is 6.92 Å². The molecule has 4 rings (SSSR count). The second kappa shape index (κ2) is 6.60. The van der Waals surface area contributed by atoms with Gasteiger partial charge in [-0.15, -0.1) is 0 Å². The van der Waals surface area contributed by atoms with Crippen molar-refractivity contribution in [3.63, 3.8) is 0 Å².